The summed E-state index contributed by atoms with van der Waals surface area (Å²) in [6, 6.07) is 4.02. The Morgan fingerprint density at radius 3 is 2.70 bits per heavy atom. The Hall–Kier alpha value is -2.29. The summed E-state index contributed by atoms with van der Waals surface area (Å²) < 4.78 is 4.64. The first kappa shape index (κ1) is 26.3. The molecule has 2 amide bonds. The van der Waals surface area contributed by atoms with Crippen molar-refractivity contribution < 1.29 is 24.2 Å². The number of rotatable bonds is 4. The third-order valence-corrected chi connectivity index (χ3v) is 10.1. The maximum Gasteiger partial charge on any atom is 0.311 e. The molecule has 2 fully saturated rings. The number of para-hydroxylation sites is 1. The number of fused-ring (bicyclic) bond motifs is 2. The van der Waals surface area contributed by atoms with Gasteiger partial charge in [0.15, 0.2) is 0 Å². The molecule has 37 heavy (non-hydrogen) atoms. The number of thioether (sulfide) groups is 1. The SMILES string of the molecule is Cc1cccc(Cl)c1N1CC=C[C@]23S[C@@H]4/C=C\CCCOC(=O)[C@@H]4[C@H]2C(=O)N([C@@H](CO)C(C)C)C3C1=O. The van der Waals surface area contributed by atoms with Crippen LogP contribution in [0.4, 0.5) is 5.69 Å². The van der Waals surface area contributed by atoms with Crippen molar-refractivity contribution in [2.24, 2.45) is 17.8 Å². The van der Waals surface area contributed by atoms with Crippen molar-refractivity contribution in [1.82, 2.24) is 4.90 Å². The lowest BCUT2D eigenvalue weighted by Gasteiger charge is -2.40. The van der Waals surface area contributed by atoms with Crippen molar-refractivity contribution in [1.29, 1.82) is 0 Å². The summed E-state index contributed by atoms with van der Waals surface area (Å²) in [5.74, 6) is -2.52. The molecule has 1 spiro atoms. The lowest BCUT2D eigenvalue weighted by atomic mass is 9.78. The van der Waals surface area contributed by atoms with Gasteiger partial charge in [-0.3, -0.25) is 14.4 Å². The van der Waals surface area contributed by atoms with Crippen molar-refractivity contribution in [3.05, 3.63) is 53.1 Å². The summed E-state index contributed by atoms with van der Waals surface area (Å²) in [7, 11) is 0. The van der Waals surface area contributed by atoms with Crippen molar-refractivity contribution in [2.45, 2.75) is 55.7 Å². The standard InChI is InChI=1S/C28H33ClN2O5S/c1-16(2)19(15-32)31-24-26(34)30(23-17(3)9-7-10-18(23)29)13-8-12-28(24)22(25(31)33)21-20(37-28)11-5-4-6-14-36-27(21)35/h5,7-12,16,19-22,24,32H,4,6,13-15H2,1-3H3/b11-5-/t19-,20+,21-,22-,24?,28-/m0/s1. The highest BCUT2D eigenvalue weighted by Crippen LogP contribution is 2.61. The van der Waals surface area contributed by atoms with E-state index in [0.29, 0.717) is 17.3 Å². The number of ether oxygens (including phenoxy) is 1. The predicted octanol–water partition coefficient (Wildman–Crippen LogP) is 3.76. The molecule has 0 radical (unpaired) electrons. The highest BCUT2D eigenvalue weighted by Gasteiger charge is 2.72. The minimum atomic E-state index is -0.974. The number of aliphatic hydroxyl groups excluding tert-OH is 1. The average molecular weight is 545 g/mol. The van der Waals surface area contributed by atoms with E-state index >= 15 is 0 Å². The van der Waals surface area contributed by atoms with Gasteiger partial charge < -0.3 is 19.6 Å². The summed E-state index contributed by atoms with van der Waals surface area (Å²) in [4.78, 5) is 45.4. The Morgan fingerprint density at radius 2 is 2.00 bits per heavy atom. The van der Waals surface area contributed by atoms with Crippen molar-refractivity contribution in [3.8, 4) is 0 Å². The highest BCUT2D eigenvalue weighted by molar-refractivity contribution is 8.02. The van der Waals surface area contributed by atoms with Gasteiger partial charge in [-0.25, -0.2) is 0 Å². The quantitative estimate of drug-likeness (QED) is 0.459. The first-order valence-electron chi connectivity index (χ1n) is 12.9. The second kappa shape index (κ2) is 10.1. The monoisotopic (exact) mass is 544 g/mol. The van der Waals surface area contributed by atoms with Crippen molar-refractivity contribution in [2.75, 3.05) is 24.7 Å². The van der Waals surface area contributed by atoms with Gasteiger partial charge in [-0.05, 0) is 37.3 Å². The molecule has 4 aliphatic rings. The summed E-state index contributed by atoms with van der Waals surface area (Å²) in [6.45, 7) is 6.06. The van der Waals surface area contributed by atoms with Crippen LogP contribution in [0, 0.1) is 24.7 Å². The second-order valence-electron chi connectivity index (χ2n) is 10.6. The summed E-state index contributed by atoms with van der Waals surface area (Å²) in [5, 5.41) is 10.6. The molecule has 9 heteroatoms. The zero-order valence-electron chi connectivity index (χ0n) is 21.3. The first-order valence-corrected chi connectivity index (χ1v) is 14.2. The van der Waals surface area contributed by atoms with Crippen LogP contribution in [0.3, 0.4) is 0 Å². The van der Waals surface area contributed by atoms with E-state index in [9.17, 15) is 19.5 Å². The third-order valence-electron chi connectivity index (χ3n) is 8.06. The number of hydrogen-bond acceptors (Lipinski definition) is 6. The Labute approximate surface area is 226 Å². The van der Waals surface area contributed by atoms with Gasteiger partial charge in [0.05, 0.1) is 46.5 Å². The van der Waals surface area contributed by atoms with E-state index < -0.39 is 34.6 Å². The zero-order valence-corrected chi connectivity index (χ0v) is 22.9. The fraction of sp³-hybridized carbons (Fsp3) is 0.536. The van der Waals surface area contributed by atoms with Gasteiger partial charge in [0, 0.05) is 11.8 Å². The Balaban J connectivity index is 1.68. The Bertz CT molecular complexity index is 1150. The molecule has 0 saturated carbocycles. The number of halogens is 1. The van der Waals surface area contributed by atoms with Crippen LogP contribution in [-0.2, 0) is 19.1 Å². The number of carbonyl (C=O) groups excluding carboxylic acids is 3. The number of esters is 1. The van der Waals surface area contributed by atoms with Crippen LogP contribution in [0.5, 0.6) is 0 Å². The van der Waals surface area contributed by atoms with Gasteiger partial charge in [0.1, 0.15) is 6.04 Å². The number of hydrogen-bond donors (Lipinski definition) is 1. The molecule has 1 aromatic rings. The van der Waals surface area contributed by atoms with Gasteiger partial charge >= 0.3 is 5.97 Å². The molecule has 5 rings (SSSR count). The lowest BCUT2D eigenvalue weighted by molar-refractivity contribution is -0.153. The first-order chi connectivity index (χ1) is 17.7. The van der Waals surface area contributed by atoms with Crippen LogP contribution < -0.4 is 4.90 Å². The number of anilines is 1. The minimum Gasteiger partial charge on any atom is -0.465 e. The molecule has 2 saturated heterocycles. The highest BCUT2D eigenvalue weighted by atomic mass is 35.5. The van der Waals surface area contributed by atoms with Crippen LogP contribution in [0.2, 0.25) is 5.02 Å². The number of benzene rings is 1. The van der Waals surface area contributed by atoms with E-state index in [-0.39, 0.29) is 36.1 Å². The minimum absolute atomic E-state index is 0.103. The van der Waals surface area contributed by atoms with Gasteiger partial charge in [-0.1, -0.05) is 61.9 Å². The fourth-order valence-corrected chi connectivity index (χ4v) is 8.65. The fourth-order valence-electron chi connectivity index (χ4n) is 6.34. The molecule has 6 atom stereocenters. The third kappa shape index (κ3) is 4.12. The van der Waals surface area contributed by atoms with Crippen molar-refractivity contribution >= 4 is 46.8 Å². The second-order valence-corrected chi connectivity index (χ2v) is 12.5. The number of cyclic esters (lactones) is 1. The Kier molecular flexibility index (Phi) is 7.20. The number of allylic oxidation sites excluding steroid dienone is 1. The number of carbonyl (C=O) groups is 3. The molecule has 0 aromatic heterocycles. The molecule has 0 bridgehead atoms. The molecular weight excluding hydrogens is 512 g/mol. The van der Waals surface area contributed by atoms with Gasteiger partial charge in [0.25, 0.3) is 5.91 Å². The lowest BCUT2D eigenvalue weighted by Crippen LogP contribution is -2.57. The summed E-state index contributed by atoms with van der Waals surface area (Å²) in [6.07, 6.45) is 9.45. The maximum atomic E-state index is 14.6. The maximum absolute atomic E-state index is 14.6. The Morgan fingerprint density at radius 1 is 1.22 bits per heavy atom. The summed E-state index contributed by atoms with van der Waals surface area (Å²) in [5.41, 5.74) is 1.46. The van der Waals surface area contributed by atoms with Gasteiger partial charge in [0.2, 0.25) is 5.91 Å². The predicted molar refractivity (Wildman–Crippen MR) is 144 cm³/mol. The van der Waals surface area contributed by atoms with E-state index in [1.165, 1.54) is 11.8 Å². The van der Waals surface area contributed by atoms with Gasteiger partial charge in [-0.2, -0.15) is 0 Å². The molecule has 4 aliphatic heterocycles. The molecule has 0 aliphatic carbocycles. The normalized spacial score (nSPS) is 33.2. The van der Waals surface area contributed by atoms with E-state index in [0.717, 1.165) is 18.4 Å². The number of likely N-dealkylation sites (tertiary alicyclic amines) is 1. The van der Waals surface area contributed by atoms with Crippen LogP contribution in [0.25, 0.3) is 0 Å². The molecule has 198 valence electrons. The van der Waals surface area contributed by atoms with E-state index in [2.05, 4.69) is 0 Å². The van der Waals surface area contributed by atoms with Crippen molar-refractivity contribution in [3.63, 3.8) is 0 Å². The average Bonchev–Trinajstić information content (AvgIpc) is 3.26. The zero-order chi connectivity index (χ0) is 26.5. The van der Waals surface area contributed by atoms with Gasteiger partial charge in [-0.15, -0.1) is 11.8 Å². The molecule has 1 N–H and O–H groups in total. The topological polar surface area (TPSA) is 87.2 Å². The molecule has 1 unspecified atom stereocenters. The number of nitrogens with zero attached hydrogens (tertiary/aromatic N) is 2. The van der Waals surface area contributed by atoms with Crippen LogP contribution >= 0.6 is 23.4 Å². The molecular formula is C28H33ClN2O5S. The largest absolute Gasteiger partial charge is 0.465 e. The molecule has 1 aromatic carbocycles. The molecule has 7 nitrogen and oxygen atoms in total. The summed E-state index contributed by atoms with van der Waals surface area (Å²) >= 11 is 8.10. The van der Waals surface area contributed by atoms with E-state index in [1.54, 1.807) is 15.9 Å². The number of aliphatic hydroxyl groups is 1. The number of amides is 2. The number of aryl methyl sites for hydroxylation is 1. The van der Waals surface area contributed by atoms with E-state index in [4.69, 9.17) is 16.3 Å². The van der Waals surface area contributed by atoms with Crippen LogP contribution in [0.1, 0.15) is 32.3 Å². The van der Waals surface area contributed by atoms with E-state index in [1.807, 2.05) is 57.2 Å². The van der Waals surface area contributed by atoms with Crippen LogP contribution in [0.15, 0.2) is 42.5 Å². The van der Waals surface area contributed by atoms with Crippen LogP contribution in [-0.4, -0.2) is 69.6 Å². The molecule has 4 heterocycles. The smallest absolute Gasteiger partial charge is 0.311 e.